The molecule has 3 aliphatic rings. The summed E-state index contributed by atoms with van der Waals surface area (Å²) >= 11 is 0. The van der Waals surface area contributed by atoms with Crippen molar-refractivity contribution in [3.8, 4) is 0 Å². The highest BCUT2D eigenvalue weighted by molar-refractivity contribution is 6.02. The lowest BCUT2D eigenvalue weighted by atomic mass is 9.78. The third-order valence-corrected chi connectivity index (χ3v) is 7.32. The zero-order valence-electron chi connectivity index (χ0n) is 19.9. The smallest absolute Gasteiger partial charge is 0.416 e. The van der Waals surface area contributed by atoms with E-state index >= 15 is 0 Å². The molecule has 2 heterocycles. The Morgan fingerprint density at radius 1 is 1.14 bits per heavy atom. The molecule has 1 saturated carbocycles. The summed E-state index contributed by atoms with van der Waals surface area (Å²) in [5.41, 5.74) is -1.64. The lowest BCUT2D eigenvalue weighted by molar-refractivity contribution is -0.163. The SMILES string of the molecule is CC(=O)O[C@@H](C)[C@]1(C(=O)N2CC(=O)c3ccc(C(F)(F)F)cc3C2)CC[C@@H](OC2CCOCC2)C1. The van der Waals surface area contributed by atoms with Crippen LogP contribution >= 0.6 is 0 Å². The van der Waals surface area contributed by atoms with Crippen LogP contribution in [0, 0.1) is 5.41 Å². The van der Waals surface area contributed by atoms with E-state index in [0.29, 0.717) is 32.5 Å². The molecule has 0 radical (unpaired) electrons. The predicted molar refractivity (Wildman–Crippen MR) is 117 cm³/mol. The standard InChI is InChI=1S/C25H30F3NO6/c1-15(34-16(2)30)24(8-5-20(12-24)35-19-6-9-33-10-7-19)23(32)29-13-17-11-18(25(26,27)28)3-4-21(17)22(31)14-29/h3-4,11,15,19-20H,5-10,12-14H2,1-2H3/t15-,20+,24-/m0/s1. The van der Waals surface area contributed by atoms with E-state index in [2.05, 4.69) is 0 Å². The second-order valence-corrected chi connectivity index (χ2v) is 9.67. The van der Waals surface area contributed by atoms with Gasteiger partial charge < -0.3 is 19.1 Å². The maximum absolute atomic E-state index is 13.9. The Labute approximate surface area is 201 Å². The molecule has 192 valence electrons. The number of ether oxygens (including phenoxy) is 3. The van der Waals surface area contributed by atoms with Crippen molar-refractivity contribution >= 4 is 17.7 Å². The Bertz CT molecular complexity index is 990. The number of fused-ring (bicyclic) bond motifs is 1. The van der Waals surface area contributed by atoms with Gasteiger partial charge in [-0.05, 0) is 56.7 Å². The van der Waals surface area contributed by atoms with Crippen LogP contribution in [-0.2, 0) is 36.5 Å². The number of halogens is 3. The number of carbonyl (C=O) groups is 3. The normalized spacial score (nSPS) is 26.4. The third kappa shape index (κ3) is 5.38. The van der Waals surface area contributed by atoms with Crippen LogP contribution in [-0.4, -0.2) is 60.6 Å². The number of amides is 1. The second-order valence-electron chi connectivity index (χ2n) is 9.67. The molecule has 0 bridgehead atoms. The van der Waals surface area contributed by atoms with Crippen molar-refractivity contribution in [2.45, 2.75) is 77.0 Å². The Morgan fingerprint density at radius 2 is 1.86 bits per heavy atom. The minimum atomic E-state index is -4.56. The highest BCUT2D eigenvalue weighted by atomic mass is 19.4. The monoisotopic (exact) mass is 497 g/mol. The zero-order chi connectivity index (χ0) is 25.4. The van der Waals surface area contributed by atoms with Crippen molar-refractivity contribution in [3.63, 3.8) is 0 Å². The molecular weight excluding hydrogens is 467 g/mol. The van der Waals surface area contributed by atoms with Crippen LogP contribution in [0.4, 0.5) is 13.2 Å². The number of esters is 1. The van der Waals surface area contributed by atoms with E-state index in [1.807, 2.05) is 0 Å². The van der Waals surface area contributed by atoms with E-state index in [4.69, 9.17) is 14.2 Å². The fraction of sp³-hybridized carbons (Fsp3) is 0.640. The molecule has 1 aromatic rings. The molecule has 10 heteroatoms. The number of ketones is 1. The van der Waals surface area contributed by atoms with Crippen molar-refractivity contribution < 1.29 is 41.8 Å². The van der Waals surface area contributed by atoms with Crippen molar-refractivity contribution in [1.82, 2.24) is 4.90 Å². The summed E-state index contributed by atoms with van der Waals surface area (Å²) in [6.45, 7) is 3.78. The summed E-state index contributed by atoms with van der Waals surface area (Å²) in [5.74, 6) is -1.36. The van der Waals surface area contributed by atoms with Crippen LogP contribution in [0.15, 0.2) is 18.2 Å². The van der Waals surface area contributed by atoms with E-state index < -0.39 is 40.9 Å². The summed E-state index contributed by atoms with van der Waals surface area (Å²) in [4.78, 5) is 39.7. The van der Waals surface area contributed by atoms with Gasteiger partial charge >= 0.3 is 12.1 Å². The first-order valence-electron chi connectivity index (χ1n) is 11.9. The van der Waals surface area contributed by atoms with Crippen LogP contribution in [0.3, 0.4) is 0 Å². The van der Waals surface area contributed by atoms with Gasteiger partial charge in [0.2, 0.25) is 5.91 Å². The highest BCUT2D eigenvalue weighted by Gasteiger charge is 2.53. The fourth-order valence-electron chi connectivity index (χ4n) is 5.48. The topological polar surface area (TPSA) is 82.1 Å². The first kappa shape index (κ1) is 25.6. The van der Waals surface area contributed by atoms with Gasteiger partial charge in [0.25, 0.3) is 0 Å². The van der Waals surface area contributed by atoms with Gasteiger partial charge in [0.15, 0.2) is 5.78 Å². The Balaban J connectivity index is 1.58. The molecule has 0 unspecified atom stereocenters. The third-order valence-electron chi connectivity index (χ3n) is 7.32. The lowest BCUT2D eigenvalue weighted by Crippen LogP contribution is -2.52. The van der Waals surface area contributed by atoms with Gasteiger partial charge in [0.1, 0.15) is 6.10 Å². The van der Waals surface area contributed by atoms with Gasteiger partial charge in [-0.2, -0.15) is 13.2 Å². The number of rotatable bonds is 5. The molecule has 1 aliphatic carbocycles. The molecule has 1 aromatic carbocycles. The number of hydrogen-bond donors (Lipinski definition) is 0. The van der Waals surface area contributed by atoms with Crippen LogP contribution in [0.25, 0.3) is 0 Å². The lowest BCUT2D eigenvalue weighted by Gasteiger charge is -2.39. The van der Waals surface area contributed by atoms with Gasteiger partial charge in [-0.3, -0.25) is 14.4 Å². The summed E-state index contributed by atoms with van der Waals surface area (Å²) in [5, 5.41) is 0. The molecule has 35 heavy (non-hydrogen) atoms. The molecule has 7 nitrogen and oxygen atoms in total. The van der Waals surface area contributed by atoms with Crippen LogP contribution < -0.4 is 0 Å². The van der Waals surface area contributed by atoms with Gasteiger partial charge in [-0.25, -0.2) is 0 Å². The summed E-state index contributed by atoms with van der Waals surface area (Å²) in [7, 11) is 0. The van der Waals surface area contributed by atoms with Crippen molar-refractivity contribution in [2.75, 3.05) is 19.8 Å². The van der Waals surface area contributed by atoms with Gasteiger partial charge in [-0.15, -0.1) is 0 Å². The number of nitrogens with zero attached hydrogens (tertiary/aromatic N) is 1. The Morgan fingerprint density at radius 3 is 2.51 bits per heavy atom. The molecule has 1 amide bonds. The molecule has 2 aliphatic heterocycles. The maximum atomic E-state index is 13.9. The maximum Gasteiger partial charge on any atom is 0.416 e. The first-order chi connectivity index (χ1) is 16.5. The number of benzene rings is 1. The number of hydrogen-bond acceptors (Lipinski definition) is 6. The van der Waals surface area contributed by atoms with E-state index in [0.717, 1.165) is 25.0 Å². The van der Waals surface area contributed by atoms with E-state index in [1.165, 1.54) is 17.9 Å². The second kappa shape index (κ2) is 9.89. The van der Waals surface area contributed by atoms with Crippen molar-refractivity contribution in [2.24, 2.45) is 5.41 Å². The molecule has 0 aromatic heterocycles. The quantitative estimate of drug-likeness (QED) is 0.574. The largest absolute Gasteiger partial charge is 0.462 e. The molecule has 0 N–H and O–H groups in total. The van der Waals surface area contributed by atoms with E-state index in [-0.39, 0.29) is 36.4 Å². The average molecular weight is 498 g/mol. The van der Waals surface area contributed by atoms with E-state index in [9.17, 15) is 27.6 Å². The number of alkyl halides is 3. The Kier molecular flexibility index (Phi) is 7.24. The molecule has 4 rings (SSSR count). The van der Waals surface area contributed by atoms with Gasteiger partial charge in [0.05, 0.1) is 29.7 Å². The summed E-state index contributed by atoms with van der Waals surface area (Å²) < 4.78 is 56.8. The van der Waals surface area contributed by atoms with Crippen LogP contribution in [0.5, 0.6) is 0 Å². The van der Waals surface area contributed by atoms with E-state index in [1.54, 1.807) is 6.92 Å². The van der Waals surface area contributed by atoms with Crippen LogP contribution in [0.1, 0.15) is 67.4 Å². The predicted octanol–water partition coefficient (Wildman–Crippen LogP) is 3.92. The highest BCUT2D eigenvalue weighted by Crippen LogP contribution is 2.46. The minimum absolute atomic E-state index is 0.0212. The molecular formula is C25H30F3NO6. The molecule has 1 saturated heterocycles. The van der Waals surface area contributed by atoms with Crippen molar-refractivity contribution in [1.29, 1.82) is 0 Å². The molecule has 3 atom stereocenters. The summed E-state index contributed by atoms with van der Waals surface area (Å²) in [6.07, 6.45) is -2.77. The molecule has 0 spiro atoms. The van der Waals surface area contributed by atoms with Gasteiger partial charge in [0, 0.05) is 32.2 Å². The number of carbonyl (C=O) groups excluding carboxylic acids is 3. The summed E-state index contributed by atoms with van der Waals surface area (Å²) in [6, 6.07) is 2.99. The average Bonchev–Trinajstić information content (AvgIpc) is 3.23. The Hall–Kier alpha value is -2.46. The zero-order valence-corrected chi connectivity index (χ0v) is 19.9. The molecule has 2 fully saturated rings. The van der Waals surface area contributed by atoms with Gasteiger partial charge in [-0.1, -0.05) is 6.07 Å². The number of Topliss-reactive ketones (excluding diaryl/α,β-unsaturated/α-hetero) is 1. The van der Waals surface area contributed by atoms with Crippen LogP contribution in [0.2, 0.25) is 0 Å². The first-order valence-corrected chi connectivity index (χ1v) is 11.9. The van der Waals surface area contributed by atoms with Crippen molar-refractivity contribution in [3.05, 3.63) is 34.9 Å². The fourth-order valence-corrected chi connectivity index (χ4v) is 5.48. The minimum Gasteiger partial charge on any atom is -0.462 e.